The lowest BCUT2D eigenvalue weighted by molar-refractivity contribution is -0.141. The van der Waals surface area contributed by atoms with Gasteiger partial charge in [-0.15, -0.1) is 0 Å². The van der Waals surface area contributed by atoms with Crippen molar-refractivity contribution in [1.29, 1.82) is 0 Å². The molecule has 1 atom stereocenters. The van der Waals surface area contributed by atoms with Gasteiger partial charge in [0.15, 0.2) is 0 Å². The van der Waals surface area contributed by atoms with E-state index in [4.69, 9.17) is 0 Å². The van der Waals surface area contributed by atoms with Crippen molar-refractivity contribution in [2.45, 2.75) is 64.1 Å². The zero-order valence-electron chi connectivity index (χ0n) is 20.3. The van der Waals surface area contributed by atoms with Crippen LogP contribution in [0, 0.1) is 12.7 Å². The van der Waals surface area contributed by atoms with E-state index in [1.54, 1.807) is 23.1 Å². The van der Waals surface area contributed by atoms with Gasteiger partial charge in [0, 0.05) is 24.6 Å². The van der Waals surface area contributed by atoms with Crippen LogP contribution in [0.1, 0.15) is 47.9 Å². The fraction of sp³-hybridized carbons (Fsp3) is 0.333. The van der Waals surface area contributed by atoms with Crippen molar-refractivity contribution in [3.8, 4) is 0 Å². The molecule has 182 valence electrons. The second kappa shape index (κ2) is 11.8. The molecule has 0 saturated heterocycles. The molecule has 2 amide bonds. The quantitative estimate of drug-likeness (QED) is 0.455. The second-order valence-corrected chi connectivity index (χ2v) is 9.47. The first-order chi connectivity index (χ1) is 17.0. The predicted molar refractivity (Wildman–Crippen MR) is 136 cm³/mol. The van der Waals surface area contributed by atoms with Crippen LogP contribution in [-0.2, 0) is 29.0 Å². The number of nitrogens with zero attached hydrogens (tertiary/aromatic N) is 1. The summed E-state index contributed by atoms with van der Waals surface area (Å²) in [6, 6.07) is 23.3. The molecule has 1 saturated carbocycles. The van der Waals surface area contributed by atoms with Gasteiger partial charge in [0.25, 0.3) is 0 Å². The maximum absolute atomic E-state index is 14.7. The Bertz CT molecular complexity index is 1120. The molecule has 1 aliphatic rings. The summed E-state index contributed by atoms with van der Waals surface area (Å²) in [6.45, 7) is 2.03. The van der Waals surface area contributed by atoms with Crippen LogP contribution in [0.15, 0.2) is 78.9 Å². The van der Waals surface area contributed by atoms with Gasteiger partial charge in [0.05, 0.1) is 6.42 Å². The Labute approximate surface area is 207 Å². The number of hydrogen-bond acceptors (Lipinski definition) is 2. The third kappa shape index (κ3) is 6.78. The number of aryl methyl sites for hydroxylation is 1. The van der Waals surface area contributed by atoms with E-state index in [2.05, 4.69) is 5.32 Å². The van der Waals surface area contributed by atoms with E-state index < -0.39 is 6.04 Å². The van der Waals surface area contributed by atoms with Crippen LogP contribution >= 0.6 is 0 Å². The molecule has 1 fully saturated rings. The monoisotopic (exact) mass is 472 g/mol. The number of rotatable bonds is 9. The number of carbonyl (C=O) groups excluding carboxylic acids is 2. The van der Waals surface area contributed by atoms with Crippen LogP contribution in [0.3, 0.4) is 0 Å². The maximum Gasteiger partial charge on any atom is 0.243 e. The molecule has 0 aromatic heterocycles. The highest BCUT2D eigenvalue weighted by molar-refractivity contribution is 5.89. The summed E-state index contributed by atoms with van der Waals surface area (Å²) in [6.07, 6.45) is 4.62. The minimum absolute atomic E-state index is 0.0347. The highest BCUT2D eigenvalue weighted by Gasteiger charge is 2.32. The van der Waals surface area contributed by atoms with Gasteiger partial charge in [-0.1, -0.05) is 91.2 Å². The lowest BCUT2D eigenvalue weighted by Gasteiger charge is -2.32. The molecule has 3 aromatic carbocycles. The number of nitrogens with one attached hydrogen (secondary N) is 1. The molecule has 0 radical (unpaired) electrons. The Kier molecular flexibility index (Phi) is 8.30. The van der Waals surface area contributed by atoms with Crippen molar-refractivity contribution in [2.75, 3.05) is 0 Å². The Balaban J connectivity index is 1.66. The largest absolute Gasteiger partial charge is 0.352 e. The van der Waals surface area contributed by atoms with E-state index >= 15 is 0 Å². The first-order valence-corrected chi connectivity index (χ1v) is 12.4. The smallest absolute Gasteiger partial charge is 0.243 e. The van der Waals surface area contributed by atoms with Crippen LogP contribution in [0.5, 0.6) is 0 Å². The molecule has 0 aliphatic heterocycles. The predicted octanol–water partition coefficient (Wildman–Crippen LogP) is 5.38. The number of hydrogen-bond donors (Lipinski definition) is 1. The topological polar surface area (TPSA) is 49.4 Å². The lowest BCUT2D eigenvalue weighted by Crippen LogP contribution is -2.52. The fourth-order valence-corrected chi connectivity index (χ4v) is 4.71. The van der Waals surface area contributed by atoms with Gasteiger partial charge < -0.3 is 10.2 Å². The summed E-state index contributed by atoms with van der Waals surface area (Å²) < 4.78 is 14.7. The zero-order valence-corrected chi connectivity index (χ0v) is 20.3. The van der Waals surface area contributed by atoms with Gasteiger partial charge in [-0.3, -0.25) is 9.59 Å². The van der Waals surface area contributed by atoms with Crippen LogP contribution in [-0.4, -0.2) is 28.8 Å². The van der Waals surface area contributed by atoms with Gasteiger partial charge in [-0.25, -0.2) is 4.39 Å². The standard InChI is InChI=1S/C30H33FN2O2/c1-22-15-17-24(18-16-22)20-29(34)33(21-25-11-5-8-14-27(25)31)28(19-23-9-3-2-4-10-23)30(35)32-26-12-6-7-13-26/h2-5,8-11,14-18,26,28H,6-7,12-13,19-21H2,1H3,(H,32,35)/t28-/m0/s1. The normalized spacial score (nSPS) is 14.5. The number of amides is 2. The highest BCUT2D eigenvalue weighted by Crippen LogP contribution is 2.21. The SMILES string of the molecule is Cc1ccc(CC(=O)N(Cc2ccccc2F)[C@@H](Cc2ccccc2)C(=O)NC2CCCC2)cc1. The molecule has 0 bridgehead atoms. The molecule has 4 nitrogen and oxygen atoms in total. The molecular formula is C30H33FN2O2. The molecule has 1 N–H and O–H groups in total. The lowest BCUT2D eigenvalue weighted by atomic mass is 10.0. The third-order valence-electron chi connectivity index (χ3n) is 6.75. The van der Waals surface area contributed by atoms with Crippen molar-refractivity contribution in [3.05, 3.63) is 107 Å². The average molecular weight is 473 g/mol. The van der Waals surface area contributed by atoms with Crippen molar-refractivity contribution >= 4 is 11.8 Å². The van der Waals surface area contributed by atoms with E-state index in [-0.39, 0.29) is 36.6 Å². The molecule has 4 rings (SSSR count). The first kappa shape index (κ1) is 24.6. The summed E-state index contributed by atoms with van der Waals surface area (Å²) in [5.41, 5.74) is 3.34. The molecule has 0 heterocycles. The van der Waals surface area contributed by atoms with Crippen LogP contribution in [0.2, 0.25) is 0 Å². The Morgan fingerprint density at radius 2 is 1.57 bits per heavy atom. The van der Waals surface area contributed by atoms with Crippen LogP contribution in [0.4, 0.5) is 4.39 Å². The molecule has 3 aromatic rings. The molecule has 1 aliphatic carbocycles. The second-order valence-electron chi connectivity index (χ2n) is 9.47. The van der Waals surface area contributed by atoms with Gasteiger partial charge in [0.1, 0.15) is 11.9 Å². The highest BCUT2D eigenvalue weighted by atomic mass is 19.1. The minimum atomic E-state index is -0.740. The summed E-state index contributed by atoms with van der Waals surface area (Å²) in [4.78, 5) is 28.9. The van der Waals surface area contributed by atoms with Crippen molar-refractivity contribution in [3.63, 3.8) is 0 Å². The van der Waals surface area contributed by atoms with Crippen molar-refractivity contribution in [2.24, 2.45) is 0 Å². The Morgan fingerprint density at radius 3 is 2.26 bits per heavy atom. The fourth-order valence-electron chi connectivity index (χ4n) is 4.71. The summed E-state index contributed by atoms with van der Waals surface area (Å²) in [5.74, 6) is -0.746. The van der Waals surface area contributed by atoms with Crippen molar-refractivity contribution in [1.82, 2.24) is 10.2 Å². The van der Waals surface area contributed by atoms with Gasteiger partial charge >= 0.3 is 0 Å². The third-order valence-corrected chi connectivity index (χ3v) is 6.75. The van der Waals surface area contributed by atoms with E-state index in [1.165, 1.54) is 6.07 Å². The Hall–Kier alpha value is -3.47. The number of halogens is 1. The summed E-state index contributed by atoms with van der Waals surface area (Å²) >= 11 is 0. The van der Waals surface area contributed by atoms with Gasteiger partial charge in [-0.05, 0) is 37.0 Å². The van der Waals surface area contributed by atoms with Crippen LogP contribution < -0.4 is 5.32 Å². The zero-order chi connectivity index (χ0) is 24.6. The molecule has 0 spiro atoms. The van der Waals surface area contributed by atoms with E-state index in [0.717, 1.165) is 42.4 Å². The van der Waals surface area contributed by atoms with E-state index in [0.29, 0.717) is 12.0 Å². The van der Waals surface area contributed by atoms with Crippen LogP contribution in [0.25, 0.3) is 0 Å². The van der Waals surface area contributed by atoms with E-state index in [1.807, 2.05) is 61.5 Å². The number of carbonyl (C=O) groups is 2. The average Bonchev–Trinajstić information content (AvgIpc) is 3.37. The van der Waals surface area contributed by atoms with Gasteiger partial charge in [0.2, 0.25) is 11.8 Å². The minimum Gasteiger partial charge on any atom is -0.352 e. The molecular weight excluding hydrogens is 439 g/mol. The first-order valence-electron chi connectivity index (χ1n) is 12.4. The molecule has 35 heavy (non-hydrogen) atoms. The maximum atomic E-state index is 14.7. The Morgan fingerprint density at radius 1 is 0.914 bits per heavy atom. The molecule has 5 heteroatoms. The number of benzene rings is 3. The molecule has 0 unspecified atom stereocenters. The summed E-state index contributed by atoms with van der Waals surface area (Å²) in [5, 5.41) is 3.18. The summed E-state index contributed by atoms with van der Waals surface area (Å²) in [7, 11) is 0. The van der Waals surface area contributed by atoms with Gasteiger partial charge in [-0.2, -0.15) is 0 Å². The van der Waals surface area contributed by atoms with E-state index in [9.17, 15) is 14.0 Å². The van der Waals surface area contributed by atoms with Crippen molar-refractivity contribution < 1.29 is 14.0 Å².